The molecule has 1 aromatic heterocycles. The summed E-state index contributed by atoms with van der Waals surface area (Å²) in [4.78, 5) is 8.84. The predicted molar refractivity (Wildman–Crippen MR) is 101 cm³/mol. The second-order valence-corrected chi connectivity index (χ2v) is 6.78. The molecule has 0 aliphatic heterocycles. The Bertz CT molecular complexity index is 866. The molecule has 4 rings (SSSR count). The monoisotopic (exact) mass is 333 g/mol. The molecule has 25 heavy (non-hydrogen) atoms. The van der Waals surface area contributed by atoms with Gasteiger partial charge in [0, 0.05) is 22.9 Å². The number of anilines is 1. The molecule has 1 saturated carbocycles. The van der Waals surface area contributed by atoms with Crippen molar-refractivity contribution < 1.29 is 4.74 Å². The predicted octanol–water partition coefficient (Wildman–Crippen LogP) is 4.56. The van der Waals surface area contributed by atoms with Crippen molar-refractivity contribution in [3.63, 3.8) is 0 Å². The summed E-state index contributed by atoms with van der Waals surface area (Å²) in [5, 5.41) is 4.68. The number of nitrogens with zero attached hydrogens (tertiary/aromatic N) is 2. The molecule has 1 N–H and O–H groups in total. The van der Waals surface area contributed by atoms with Crippen molar-refractivity contribution in [3.05, 3.63) is 60.4 Å². The fourth-order valence-electron chi connectivity index (χ4n) is 4.07. The van der Waals surface area contributed by atoms with Gasteiger partial charge in [0.05, 0.1) is 12.6 Å². The van der Waals surface area contributed by atoms with E-state index in [2.05, 4.69) is 39.6 Å². The molecule has 128 valence electrons. The molecule has 0 spiro atoms. The molecule has 1 fully saturated rings. The maximum Gasteiger partial charge on any atom is 0.137 e. The first-order valence-corrected chi connectivity index (χ1v) is 8.89. The first-order valence-electron chi connectivity index (χ1n) is 8.89. The van der Waals surface area contributed by atoms with Gasteiger partial charge in [0.2, 0.25) is 0 Å². The minimum Gasteiger partial charge on any atom is -0.496 e. The Morgan fingerprint density at radius 1 is 1.00 bits per heavy atom. The van der Waals surface area contributed by atoms with Gasteiger partial charge in [0.15, 0.2) is 0 Å². The van der Waals surface area contributed by atoms with Crippen LogP contribution in [0, 0.1) is 0 Å². The van der Waals surface area contributed by atoms with Gasteiger partial charge in [0.1, 0.15) is 17.9 Å². The molecular weight excluding hydrogens is 310 g/mol. The molecule has 0 unspecified atom stereocenters. The quantitative estimate of drug-likeness (QED) is 0.743. The fourth-order valence-corrected chi connectivity index (χ4v) is 4.07. The molecule has 0 atom stereocenters. The Morgan fingerprint density at radius 3 is 2.60 bits per heavy atom. The highest BCUT2D eigenvalue weighted by atomic mass is 16.5. The Morgan fingerprint density at radius 2 is 1.76 bits per heavy atom. The molecule has 1 aliphatic rings. The van der Waals surface area contributed by atoms with Gasteiger partial charge < -0.3 is 10.1 Å². The lowest BCUT2D eigenvalue weighted by atomic mass is 9.78. The smallest absolute Gasteiger partial charge is 0.137 e. The van der Waals surface area contributed by atoms with E-state index in [0.717, 1.165) is 29.0 Å². The Labute approximate surface area is 148 Å². The highest BCUT2D eigenvalue weighted by Crippen LogP contribution is 2.44. The summed E-state index contributed by atoms with van der Waals surface area (Å²) in [5.74, 6) is 1.89. The second kappa shape index (κ2) is 6.71. The SMILES string of the molecule is COc1ccccc1C1(CNc2ncnc3ccccc23)CCCC1. The Kier molecular flexibility index (Phi) is 4.26. The van der Waals surface area contributed by atoms with Crippen LogP contribution in [0.3, 0.4) is 0 Å². The third-order valence-electron chi connectivity index (χ3n) is 5.38. The minimum absolute atomic E-state index is 0.0959. The maximum atomic E-state index is 5.65. The normalized spacial score (nSPS) is 16.0. The number of nitrogens with one attached hydrogen (secondary N) is 1. The van der Waals surface area contributed by atoms with Gasteiger partial charge in [0.25, 0.3) is 0 Å². The average Bonchev–Trinajstić information content (AvgIpc) is 3.16. The molecular formula is C21H23N3O. The van der Waals surface area contributed by atoms with E-state index in [-0.39, 0.29) is 5.41 Å². The van der Waals surface area contributed by atoms with E-state index in [1.165, 1.54) is 31.2 Å². The molecule has 4 heteroatoms. The van der Waals surface area contributed by atoms with Gasteiger partial charge in [-0.05, 0) is 31.0 Å². The molecule has 4 nitrogen and oxygen atoms in total. The van der Waals surface area contributed by atoms with Crippen molar-refractivity contribution in [1.29, 1.82) is 0 Å². The van der Waals surface area contributed by atoms with Gasteiger partial charge in [-0.2, -0.15) is 0 Å². The van der Waals surface area contributed by atoms with Crippen LogP contribution in [-0.2, 0) is 5.41 Å². The molecule has 0 amide bonds. The van der Waals surface area contributed by atoms with Crippen molar-refractivity contribution in [2.45, 2.75) is 31.1 Å². The number of rotatable bonds is 5. The molecule has 1 heterocycles. The van der Waals surface area contributed by atoms with Crippen LogP contribution >= 0.6 is 0 Å². The van der Waals surface area contributed by atoms with E-state index < -0.39 is 0 Å². The third-order valence-corrected chi connectivity index (χ3v) is 5.38. The van der Waals surface area contributed by atoms with Crippen LogP contribution in [0.15, 0.2) is 54.9 Å². The van der Waals surface area contributed by atoms with E-state index in [9.17, 15) is 0 Å². The lowest BCUT2D eigenvalue weighted by molar-refractivity contribution is 0.381. The van der Waals surface area contributed by atoms with Crippen LogP contribution in [-0.4, -0.2) is 23.6 Å². The largest absolute Gasteiger partial charge is 0.496 e. The molecule has 0 bridgehead atoms. The molecule has 1 aliphatic carbocycles. The number of aromatic nitrogens is 2. The molecule has 2 aromatic carbocycles. The summed E-state index contributed by atoms with van der Waals surface area (Å²) < 4.78 is 5.65. The summed E-state index contributed by atoms with van der Waals surface area (Å²) in [6.07, 6.45) is 6.48. The van der Waals surface area contributed by atoms with Crippen molar-refractivity contribution >= 4 is 16.7 Å². The zero-order chi connectivity index (χ0) is 17.1. The van der Waals surface area contributed by atoms with E-state index in [4.69, 9.17) is 4.74 Å². The molecule has 0 radical (unpaired) electrons. The van der Waals surface area contributed by atoms with Crippen molar-refractivity contribution in [3.8, 4) is 5.75 Å². The number of ether oxygens (including phenoxy) is 1. The number of para-hydroxylation sites is 2. The van der Waals surface area contributed by atoms with Gasteiger partial charge in [-0.15, -0.1) is 0 Å². The molecule has 3 aromatic rings. The van der Waals surface area contributed by atoms with Gasteiger partial charge >= 0.3 is 0 Å². The van der Waals surface area contributed by atoms with Crippen LogP contribution in [0.4, 0.5) is 5.82 Å². The van der Waals surface area contributed by atoms with Crippen molar-refractivity contribution in [2.75, 3.05) is 19.0 Å². The molecule has 0 saturated heterocycles. The van der Waals surface area contributed by atoms with Crippen LogP contribution in [0.1, 0.15) is 31.2 Å². The zero-order valence-corrected chi connectivity index (χ0v) is 14.5. The van der Waals surface area contributed by atoms with E-state index in [0.29, 0.717) is 0 Å². The number of hydrogen-bond donors (Lipinski definition) is 1. The zero-order valence-electron chi connectivity index (χ0n) is 14.5. The third kappa shape index (κ3) is 2.93. The summed E-state index contributed by atoms with van der Waals surface area (Å²) >= 11 is 0. The number of fused-ring (bicyclic) bond motifs is 1. The topological polar surface area (TPSA) is 47.0 Å². The van der Waals surface area contributed by atoms with Gasteiger partial charge in [-0.25, -0.2) is 9.97 Å². The van der Waals surface area contributed by atoms with Gasteiger partial charge in [-0.1, -0.05) is 43.2 Å². The van der Waals surface area contributed by atoms with Crippen LogP contribution in [0.2, 0.25) is 0 Å². The number of methoxy groups -OCH3 is 1. The summed E-state index contributed by atoms with van der Waals surface area (Å²) in [6.45, 7) is 0.856. The lowest BCUT2D eigenvalue weighted by Gasteiger charge is -2.31. The summed E-state index contributed by atoms with van der Waals surface area (Å²) in [7, 11) is 1.76. The standard InChI is InChI=1S/C21H23N3O/c1-25-19-11-5-3-9-17(19)21(12-6-7-13-21)14-22-20-16-8-2-4-10-18(16)23-15-24-20/h2-5,8-11,15H,6-7,12-14H2,1H3,(H,22,23,24). The van der Waals surface area contributed by atoms with Crippen LogP contribution in [0.25, 0.3) is 10.9 Å². The van der Waals surface area contributed by atoms with E-state index in [1.807, 2.05) is 24.3 Å². The van der Waals surface area contributed by atoms with Crippen molar-refractivity contribution in [1.82, 2.24) is 9.97 Å². The second-order valence-electron chi connectivity index (χ2n) is 6.78. The van der Waals surface area contributed by atoms with E-state index in [1.54, 1.807) is 13.4 Å². The minimum atomic E-state index is 0.0959. The first-order chi connectivity index (χ1) is 12.3. The highest BCUT2D eigenvalue weighted by molar-refractivity contribution is 5.88. The van der Waals surface area contributed by atoms with Crippen LogP contribution in [0.5, 0.6) is 5.75 Å². The Balaban J connectivity index is 1.67. The lowest BCUT2D eigenvalue weighted by Crippen LogP contribution is -2.32. The first kappa shape index (κ1) is 15.9. The Hall–Kier alpha value is -2.62. The highest BCUT2D eigenvalue weighted by Gasteiger charge is 2.37. The van der Waals surface area contributed by atoms with Gasteiger partial charge in [-0.3, -0.25) is 0 Å². The number of hydrogen-bond acceptors (Lipinski definition) is 4. The van der Waals surface area contributed by atoms with Crippen molar-refractivity contribution in [2.24, 2.45) is 0 Å². The number of benzene rings is 2. The van der Waals surface area contributed by atoms with E-state index >= 15 is 0 Å². The fraction of sp³-hybridized carbons (Fsp3) is 0.333. The average molecular weight is 333 g/mol. The van der Waals surface area contributed by atoms with Crippen LogP contribution < -0.4 is 10.1 Å². The maximum absolute atomic E-state index is 5.65. The summed E-state index contributed by atoms with van der Waals surface area (Å²) in [5.41, 5.74) is 2.37. The summed E-state index contributed by atoms with van der Waals surface area (Å²) in [6, 6.07) is 16.6.